The Morgan fingerprint density at radius 3 is 2.33 bits per heavy atom. The Kier molecular flexibility index (Phi) is 5.82. The predicted molar refractivity (Wildman–Crippen MR) is 103 cm³/mol. The molecule has 3 rings (SSSR count). The first kappa shape index (κ1) is 19.4. The summed E-state index contributed by atoms with van der Waals surface area (Å²) in [6.07, 6.45) is 2.35. The molecule has 1 aliphatic carbocycles. The maximum absolute atomic E-state index is 12.6. The molecule has 6 heteroatoms. The normalized spacial score (nSPS) is 21.8. The van der Waals surface area contributed by atoms with Crippen LogP contribution in [0.15, 0.2) is 24.3 Å². The molecule has 1 aliphatic heterocycles. The lowest BCUT2D eigenvalue weighted by Gasteiger charge is -2.20. The summed E-state index contributed by atoms with van der Waals surface area (Å²) in [6.45, 7) is 3.13. The summed E-state index contributed by atoms with van der Waals surface area (Å²) in [5.41, 5.74) is 2.33. The molecular weight excluding hydrogens is 342 g/mol. The summed E-state index contributed by atoms with van der Waals surface area (Å²) in [5.74, 6) is 0.267. The Morgan fingerprint density at radius 1 is 1.07 bits per heavy atom. The second-order valence-electron chi connectivity index (χ2n) is 7.99. The van der Waals surface area contributed by atoms with Crippen LogP contribution in [0.2, 0.25) is 0 Å². The number of hydrogen-bond acceptors (Lipinski definition) is 3. The van der Waals surface area contributed by atoms with E-state index in [2.05, 4.69) is 29.6 Å². The van der Waals surface area contributed by atoms with E-state index in [0.29, 0.717) is 13.1 Å². The predicted octanol–water partition coefficient (Wildman–Crippen LogP) is 1.68. The molecule has 1 aromatic carbocycles. The van der Waals surface area contributed by atoms with Gasteiger partial charge in [0, 0.05) is 51.9 Å². The van der Waals surface area contributed by atoms with Gasteiger partial charge in [0.1, 0.15) is 0 Å². The third kappa shape index (κ3) is 4.87. The Balaban J connectivity index is 1.68. The third-order valence-electron chi connectivity index (χ3n) is 5.51. The molecule has 2 fully saturated rings. The van der Waals surface area contributed by atoms with Crippen molar-refractivity contribution in [2.75, 3.05) is 27.2 Å². The smallest absolute Gasteiger partial charge is 0.223 e. The standard InChI is InChI=1S/C21H29N3O3/c1-14-4-6-15(7-5-14)17-12-24(20(26)11-10-19(25)23(2)3)13-18(17)22-21(27)16-8-9-16/h4-7,16-18H,8-13H2,1-3H3,(H,22,27). The van der Waals surface area contributed by atoms with Crippen LogP contribution in [0.3, 0.4) is 0 Å². The molecule has 1 saturated heterocycles. The summed E-state index contributed by atoms with van der Waals surface area (Å²) >= 11 is 0. The zero-order valence-corrected chi connectivity index (χ0v) is 16.4. The fourth-order valence-corrected chi connectivity index (χ4v) is 3.55. The molecule has 1 N–H and O–H groups in total. The van der Waals surface area contributed by atoms with Crippen molar-refractivity contribution >= 4 is 17.7 Å². The van der Waals surface area contributed by atoms with Crippen LogP contribution in [-0.2, 0) is 14.4 Å². The van der Waals surface area contributed by atoms with Crippen molar-refractivity contribution in [2.24, 2.45) is 5.92 Å². The van der Waals surface area contributed by atoms with E-state index in [4.69, 9.17) is 0 Å². The second-order valence-corrected chi connectivity index (χ2v) is 7.99. The van der Waals surface area contributed by atoms with Crippen molar-refractivity contribution in [2.45, 2.75) is 44.6 Å². The van der Waals surface area contributed by atoms with Crippen LogP contribution in [0.1, 0.15) is 42.7 Å². The second kappa shape index (κ2) is 8.11. The van der Waals surface area contributed by atoms with Gasteiger partial charge < -0.3 is 15.1 Å². The molecule has 1 aromatic rings. The Hall–Kier alpha value is -2.37. The van der Waals surface area contributed by atoms with Gasteiger partial charge in [0.25, 0.3) is 0 Å². The molecule has 2 aliphatic rings. The van der Waals surface area contributed by atoms with Crippen molar-refractivity contribution in [3.05, 3.63) is 35.4 Å². The highest BCUT2D eigenvalue weighted by molar-refractivity contribution is 5.84. The van der Waals surface area contributed by atoms with Crippen LogP contribution in [-0.4, -0.2) is 60.7 Å². The van der Waals surface area contributed by atoms with Crippen LogP contribution in [0, 0.1) is 12.8 Å². The van der Waals surface area contributed by atoms with Gasteiger partial charge in [-0.3, -0.25) is 14.4 Å². The fourth-order valence-electron chi connectivity index (χ4n) is 3.55. The lowest BCUT2D eigenvalue weighted by atomic mass is 9.93. The van der Waals surface area contributed by atoms with Gasteiger partial charge in [-0.25, -0.2) is 0 Å². The van der Waals surface area contributed by atoms with Gasteiger partial charge in [0.15, 0.2) is 0 Å². The number of amides is 3. The number of rotatable bonds is 6. The van der Waals surface area contributed by atoms with E-state index < -0.39 is 0 Å². The van der Waals surface area contributed by atoms with E-state index in [0.717, 1.165) is 18.4 Å². The molecule has 0 bridgehead atoms. The molecule has 1 saturated carbocycles. The van der Waals surface area contributed by atoms with Crippen LogP contribution in [0.25, 0.3) is 0 Å². The fraction of sp³-hybridized carbons (Fsp3) is 0.571. The van der Waals surface area contributed by atoms with Gasteiger partial charge in [-0.15, -0.1) is 0 Å². The van der Waals surface area contributed by atoms with Gasteiger partial charge in [-0.1, -0.05) is 29.8 Å². The number of hydrogen-bond donors (Lipinski definition) is 1. The third-order valence-corrected chi connectivity index (χ3v) is 5.51. The number of benzene rings is 1. The summed E-state index contributed by atoms with van der Waals surface area (Å²) < 4.78 is 0. The van der Waals surface area contributed by atoms with Crippen molar-refractivity contribution in [1.82, 2.24) is 15.1 Å². The highest BCUT2D eigenvalue weighted by Gasteiger charge is 2.39. The van der Waals surface area contributed by atoms with E-state index in [1.165, 1.54) is 10.5 Å². The first-order valence-electron chi connectivity index (χ1n) is 9.70. The summed E-state index contributed by atoms with van der Waals surface area (Å²) in [7, 11) is 3.39. The van der Waals surface area contributed by atoms with E-state index in [9.17, 15) is 14.4 Å². The van der Waals surface area contributed by atoms with Crippen molar-refractivity contribution < 1.29 is 14.4 Å². The topological polar surface area (TPSA) is 69.7 Å². The highest BCUT2D eigenvalue weighted by Crippen LogP contribution is 2.32. The summed E-state index contributed by atoms with van der Waals surface area (Å²) in [6, 6.07) is 8.22. The van der Waals surface area contributed by atoms with Gasteiger partial charge in [0.2, 0.25) is 17.7 Å². The molecule has 146 valence electrons. The lowest BCUT2D eigenvalue weighted by molar-refractivity contribution is -0.135. The number of aryl methyl sites for hydroxylation is 1. The van der Waals surface area contributed by atoms with Crippen LogP contribution in [0.4, 0.5) is 0 Å². The average Bonchev–Trinajstić information content (AvgIpc) is 3.41. The van der Waals surface area contributed by atoms with E-state index in [1.54, 1.807) is 19.0 Å². The Labute approximate surface area is 160 Å². The zero-order valence-electron chi connectivity index (χ0n) is 16.4. The molecule has 2 unspecified atom stereocenters. The van der Waals surface area contributed by atoms with Crippen LogP contribution >= 0.6 is 0 Å². The lowest BCUT2D eigenvalue weighted by Crippen LogP contribution is -2.41. The summed E-state index contributed by atoms with van der Waals surface area (Å²) in [5, 5.41) is 3.16. The number of carbonyl (C=O) groups excluding carboxylic acids is 3. The molecule has 0 spiro atoms. The molecule has 2 atom stereocenters. The molecule has 0 radical (unpaired) electrons. The molecule has 6 nitrogen and oxygen atoms in total. The monoisotopic (exact) mass is 371 g/mol. The Bertz CT molecular complexity index is 710. The molecule has 1 heterocycles. The Morgan fingerprint density at radius 2 is 1.74 bits per heavy atom. The maximum atomic E-state index is 12.6. The van der Waals surface area contributed by atoms with Crippen LogP contribution in [0.5, 0.6) is 0 Å². The first-order valence-corrected chi connectivity index (χ1v) is 9.70. The minimum Gasteiger partial charge on any atom is -0.351 e. The molecule has 27 heavy (non-hydrogen) atoms. The van der Waals surface area contributed by atoms with Crippen molar-refractivity contribution in [1.29, 1.82) is 0 Å². The van der Waals surface area contributed by atoms with Crippen LogP contribution < -0.4 is 5.32 Å². The number of nitrogens with zero attached hydrogens (tertiary/aromatic N) is 2. The van der Waals surface area contributed by atoms with E-state index >= 15 is 0 Å². The van der Waals surface area contributed by atoms with E-state index in [-0.39, 0.29) is 48.4 Å². The van der Waals surface area contributed by atoms with E-state index in [1.807, 2.05) is 6.92 Å². The van der Waals surface area contributed by atoms with Gasteiger partial charge in [-0.05, 0) is 25.3 Å². The van der Waals surface area contributed by atoms with Gasteiger partial charge in [0.05, 0.1) is 6.04 Å². The minimum atomic E-state index is -0.0747. The number of carbonyl (C=O) groups is 3. The number of likely N-dealkylation sites (tertiary alicyclic amines) is 1. The number of nitrogens with one attached hydrogen (secondary N) is 1. The van der Waals surface area contributed by atoms with Crippen molar-refractivity contribution in [3.63, 3.8) is 0 Å². The molecule has 3 amide bonds. The maximum Gasteiger partial charge on any atom is 0.223 e. The molecule has 0 aromatic heterocycles. The quantitative estimate of drug-likeness (QED) is 0.827. The molecular formula is C21H29N3O3. The van der Waals surface area contributed by atoms with Crippen molar-refractivity contribution in [3.8, 4) is 0 Å². The average molecular weight is 371 g/mol. The van der Waals surface area contributed by atoms with Gasteiger partial charge >= 0.3 is 0 Å². The summed E-state index contributed by atoms with van der Waals surface area (Å²) in [4.78, 5) is 40.0. The SMILES string of the molecule is Cc1ccc(C2CN(C(=O)CCC(=O)N(C)C)CC2NC(=O)C2CC2)cc1. The first-order chi connectivity index (χ1) is 12.8. The van der Waals surface area contributed by atoms with Gasteiger partial charge in [-0.2, -0.15) is 0 Å². The largest absolute Gasteiger partial charge is 0.351 e. The zero-order chi connectivity index (χ0) is 19.6. The highest BCUT2D eigenvalue weighted by atomic mass is 16.2. The minimum absolute atomic E-state index is 0.0227.